The average molecular weight is 117 g/mol. The summed E-state index contributed by atoms with van der Waals surface area (Å²) in [6.45, 7) is 0. The Hall–Kier alpha value is 0.177. The molecule has 0 atom stereocenters. The molecular weight excluding hydrogens is 102 g/mol. The third kappa shape index (κ3) is 2.82. The van der Waals surface area contributed by atoms with Crippen LogP contribution in [-0.4, -0.2) is 9.52 Å². The van der Waals surface area contributed by atoms with Crippen LogP contribution >= 0.6 is 0 Å². The molecule has 0 aromatic rings. The Morgan fingerprint density at radius 1 is 0.857 bits per heavy atom. The zero-order chi connectivity index (χ0) is 4.24. The van der Waals surface area contributed by atoms with Crippen molar-refractivity contribution in [3.63, 3.8) is 0 Å². The summed E-state index contributed by atoms with van der Waals surface area (Å²) < 4.78 is 0. The maximum atomic E-state index is 1.64. The summed E-state index contributed by atoms with van der Waals surface area (Å²) in [5, 5.41) is 0. The summed E-state index contributed by atoms with van der Waals surface area (Å²) in [4.78, 5) is 0. The van der Waals surface area contributed by atoms with Crippen LogP contribution in [0.3, 0.4) is 0 Å². The van der Waals surface area contributed by atoms with Crippen LogP contribution in [0.2, 0.25) is 12.1 Å². The molecule has 44 valence electrons. The first-order chi connectivity index (χ1) is 3.00. The summed E-state index contributed by atoms with van der Waals surface area (Å²) in [6.07, 6.45) is 4.66. The molecule has 3 N–H and O–H groups in total. The second-order valence-corrected chi connectivity index (χ2v) is 4.24. The molecule has 0 aromatic heterocycles. The Kier molecular flexibility index (Phi) is 4.45. The highest BCUT2D eigenvalue weighted by Crippen LogP contribution is 2.10. The molecule has 0 aromatic carbocycles. The van der Waals surface area contributed by atoms with Crippen LogP contribution in [0.15, 0.2) is 0 Å². The Morgan fingerprint density at radius 3 is 1.57 bits per heavy atom. The largest absolute Gasteiger partial charge is 0.344 e. The predicted molar refractivity (Wildman–Crippen MR) is 37.0 cm³/mol. The van der Waals surface area contributed by atoms with Crippen LogP contribution in [0.1, 0.15) is 19.3 Å². The average Bonchev–Trinajstić information content (AvgIpc) is 1.72. The van der Waals surface area contributed by atoms with Gasteiger partial charge in [0.05, 0.1) is 0 Å². The van der Waals surface area contributed by atoms with Crippen molar-refractivity contribution in [2.24, 2.45) is 0 Å². The smallest absolute Gasteiger partial charge is 0.0197 e. The summed E-state index contributed by atoms with van der Waals surface area (Å²) in [5.74, 6) is 0. The molecule has 1 fully saturated rings. The van der Waals surface area contributed by atoms with Crippen molar-refractivity contribution in [1.29, 1.82) is 0 Å². The van der Waals surface area contributed by atoms with E-state index < -0.39 is 0 Å². The molecule has 1 aliphatic heterocycles. The van der Waals surface area contributed by atoms with E-state index >= 15 is 0 Å². The molecule has 2 heteroatoms. The van der Waals surface area contributed by atoms with Crippen LogP contribution in [-0.2, 0) is 0 Å². The molecule has 1 aliphatic rings. The highest BCUT2D eigenvalue weighted by atomic mass is 28.2. The van der Waals surface area contributed by atoms with Crippen molar-refractivity contribution in [3.8, 4) is 0 Å². The van der Waals surface area contributed by atoms with Gasteiger partial charge in [0, 0.05) is 9.52 Å². The third-order valence-electron chi connectivity index (χ3n) is 1.50. The molecule has 0 radical (unpaired) electrons. The maximum Gasteiger partial charge on any atom is 0.0197 e. The van der Waals surface area contributed by atoms with Crippen molar-refractivity contribution in [3.05, 3.63) is 0 Å². The van der Waals surface area contributed by atoms with E-state index in [9.17, 15) is 0 Å². The Balaban J connectivity index is 0.000000360. The van der Waals surface area contributed by atoms with E-state index in [4.69, 9.17) is 0 Å². The van der Waals surface area contributed by atoms with Gasteiger partial charge in [0.15, 0.2) is 0 Å². The van der Waals surface area contributed by atoms with E-state index in [1.54, 1.807) is 24.9 Å². The topological polar surface area (TPSA) is 35.0 Å². The normalized spacial score (nSPS) is 20.6. The van der Waals surface area contributed by atoms with Gasteiger partial charge in [-0.05, 0) is 0 Å². The van der Waals surface area contributed by atoms with Crippen molar-refractivity contribution < 1.29 is 0 Å². The summed E-state index contributed by atoms with van der Waals surface area (Å²) >= 11 is 0. The van der Waals surface area contributed by atoms with E-state index in [0.29, 0.717) is 9.52 Å². The van der Waals surface area contributed by atoms with Crippen LogP contribution in [0, 0.1) is 0 Å². The van der Waals surface area contributed by atoms with E-state index in [2.05, 4.69) is 0 Å². The Morgan fingerprint density at radius 2 is 1.43 bits per heavy atom. The highest BCUT2D eigenvalue weighted by Gasteiger charge is 1.96. The van der Waals surface area contributed by atoms with Crippen molar-refractivity contribution in [2.75, 3.05) is 0 Å². The van der Waals surface area contributed by atoms with Gasteiger partial charge in [-0.15, -0.1) is 0 Å². The first kappa shape index (κ1) is 7.18. The van der Waals surface area contributed by atoms with E-state index in [1.165, 1.54) is 6.42 Å². The molecule has 0 spiro atoms. The minimum atomic E-state index is 0. The fraction of sp³-hybridized carbons (Fsp3) is 1.00. The quantitative estimate of drug-likeness (QED) is 0.477. The molecule has 1 saturated heterocycles. The highest BCUT2D eigenvalue weighted by molar-refractivity contribution is 6.35. The van der Waals surface area contributed by atoms with Crippen molar-refractivity contribution in [2.45, 2.75) is 31.4 Å². The molecule has 0 unspecified atom stereocenters. The Bertz CT molecular complexity index is 23.6. The van der Waals surface area contributed by atoms with E-state index in [-0.39, 0.29) is 6.15 Å². The van der Waals surface area contributed by atoms with Crippen LogP contribution in [0.5, 0.6) is 0 Å². The SMILES string of the molecule is C1CC[SiH2]CC1.N. The predicted octanol–water partition coefficient (Wildman–Crippen LogP) is 1.34. The van der Waals surface area contributed by atoms with Crippen LogP contribution in [0.4, 0.5) is 0 Å². The molecule has 1 rings (SSSR count). The monoisotopic (exact) mass is 117 g/mol. The van der Waals surface area contributed by atoms with Gasteiger partial charge < -0.3 is 6.15 Å². The van der Waals surface area contributed by atoms with Gasteiger partial charge in [0.1, 0.15) is 0 Å². The molecule has 0 bridgehead atoms. The van der Waals surface area contributed by atoms with Gasteiger partial charge in [0.25, 0.3) is 0 Å². The first-order valence-electron chi connectivity index (χ1n) is 3.00. The fourth-order valence-electron chi connectivity index (χ4n) is 1.06. The zero-order valence-electron chi connectivity index (χ0n) is 4.95. The van der Waals surface area contributed by atoms with Gasteiger partial charge in [-0.3, -0.25) is 0 Å². The molecule has 1 heterocycles. The zero-order valence-corrected chi connectivity index (χ0v) is 6.36. The van der Waals surface area contributed by atoms with E-state index in [1.807, 2.05) is 0 Å². The number of hydrogen-bond acceptors (Lipinski definition) is 1. The Labute approximate surface area is 47.9 Å². The molecule has 1 nitrogen and oxygen atoms in total. The number of rotatable bonds is 0. The van der Waals surface area contributed by atoms with Gasteiger partial charge >= 0.3 is 0 Å². The molecular formula is C5H15NSi. The molecule has 7 heavy (non-hydrogen) atoms. The van der Waals surface area contributed by atoms with E-state index in [0.717, 1.165) is 0 Å². The summed E-state index contributed by atoms with van der Waals surface area (Å²) in [7, 11) is 0.508. The van der Waals surface area contributed by atoms with Gasteiger partial charge in [0.2, 0.25) is 0 Å². The summed E-state index contributed by atoms with van der Waals surface area (Å²) in [6, 6.07) is 3.28. The number of hydrogen-bond donors (Lipinski definition) is 1. The molecule has 0 amide bonds. The third-order valence-corrected chi connectivity index (χ3v) is 3.50. The minimum Gasteiger partial charge on any atom is -0.344 e. The molecule has 0 aliphatic carbocycles. The fourth-order valence-corrected chi connectivity index (χ4v) is 2.83. The van der Waals surface area contributed by atoms with Crippen LogP contribution in [0.25, 0.3) is 0 Å². The van der Waals surface area contributed by atoms with Gasteiger partial charge in [-0.25, -0.2) is 0 Å². The lowest BCUT2D eigenvalue weighted by Crippen LogP contribution is -1.94. The lowest BCUT2D eigenvalue weighted by molar-refractivity contribution is 0.734. The lowest BCUT2D eigenvalue weighted by atomic mass is 10.3. The summed E-state index contributed by atoms with van der Waals surface area (Å²) in [5.41, 5.74) is 0. The van der Waals surface area contributed by atoms with Gasteiger partial charge in [-0.1, -0.05) is 31.4 Å². The first-order valence-corrected chi connectivity index (χ1v) is 5.00. The van der Waals surface area contributed by atoms with Crippen LogP contribution < -0.4 is 6.15 Å². The van der Waals surface area contributed by atoms with Crippen molar-refractivity contribution >= 4 is 9.52 Å². The second-order valence-electron chi connectivity index (χ2n) is 2.12. The molecule has 0 saturated carbocycles. The lowest BCUT2D eigenvalue weighted by Gasteiger charge is -2.04. The van der Waals surface area contributed by atoms with Gasteiger partial charge in [-0.2, -0.15) is 0 Å². The van der Waals surface area contributed by atoms with Crippen molar-refractivity contribution in [1.82, 2.24) is 6.15 Å². The minimum absolute atomic E-state index is 0. The second kappa shape index (κ2) is 4.34. The maximum absolute atomic E-state index is 1.64. The standard InChI is InChI=1S/C5H12Si.H3N/c1-2-4-6-5-3-1;/h1-6H2;1H3.